The number of carbonyl (C=O) groups excluding carboxylic acids is 2. The van der Waals surface area contributed by atoms with Crippen LogP contribution in [0.25, 0.3) is 0 Å². The van der Waals surface area contributed by atoms with Crippen LogP contribution in [0.15, 0.2) is 24.3 Å². The molecule has 0 amide bonds. The topological polar surface area (TPSA) is 43.4 Å². The summed E-state index contributed by atoms with van der Waals surface area (Å²) in [6, 6.07) is 7.44. The van der Waals surface area contributed by atoms with Gasteiger partial charge in [0.05, 0.1) is 0 Å². The third-order valence-corrected chi connectivity index (χ3v) is 2.63. The molecule has 0 aliphatic heterocycles. The summed E-state index contributed by atoms with van der Waals surface area (Å²) in [6.07, 6.45) is 1.17. The van der Waals surface area contributed by atoms with E-state index in [1.165, 1.54) is 6.92 Å². The zero-order chi connectivity index (χ0) is 12.8. The van der Waals surface area contributed by atoms with Crippen LogP contribution in [-0.4, -0.2) is 17.9 Å². The van der Waals surface area contributed by atoms with Crippen molar-refractivity contribution < 1.29 is 14.3 Å². The first-order valence-electron chi connectivity index (χ1n) is 5.80. The van der Waals surface area contributed by atoms with E-state index in [2.05, 4.69) is 0 Å². The molecule has 0 bridgehead atoms. The highest BCUT2D eigenvalue weighted by Gasteiger charge is 2.14. The lowest BCUT2D eigenvalue weighted by atomic mass is 9.98. The minimum absolute atomic E-state index is 0.0401. The minimum atomic E-state index is -0.280. The van der Waals surface area contributed by atoms with Crippen molar-refractivity contribution in [2.24, 2.45) is 0 Å². The fraction of sp³-hybridized carbons (Fsp3) is 0.429. The van der Waals surface area contributed by atoms with Crippen molar-refractivity contribution in [3.63, 3.8) is 0 Å². The van der Waals surface area contributed by atoms with Crippen molar-refractivity contribution in [1.82, 2.24) is 0 Å². The molecule has 1 atom stereocenters. The van der Waals surface area contributed by atoms with Gasteiger partial charge < -0.3 is 4.74 Å². The summed E-state index contributed by atoms with van der Waals surface area (Å²) >= 11 is 0. The molecule has 1 aromatic rings. The Bertz CT molecular complexity index is 410. The first kappa shape index (κ1) is 13.4. The highest BCUT2D eigenvalue weighted by Crippen LogP contribution is 2.15. The van der Waals surface area contributed by atoms with Gasteiger partial charge in [-0.15, -0.1) is 0 Å². The largest absolute Gasteiger partial charge is 0.462 e. The number of ether oxygens (including phenoxy) is 1. The number of hydrogen-bond donors (Lipinski definition) is 0. The second-order valence-electron chi connectivity index (χ2n) is 4.06. The molecule has 0 aliphatic carbocycles. The smallest absolute Gasteiger partial charge is 0.302 e. The first-order valence-corrected chi connectivity index (χ1v) is 5.80. The molecule has 0 heterocycles. The maximum atomic E-state index is 11.5. The number of hydrogen-bond acceptors (Lipinski definition) is 3. The van der Waals surface area contributed by atoms with Gasteiger partial charge in [0, 0.05) is 18.9 Å². The maximum Gasteiger partial charge on any atom is 0.302 e. The Balaban J connectivity index is 2.85. The van der Waals surface area contributed by atoms with Crippen LogP contribution in [0.2, 0.25) is 0 Å². The van der Waals surface area contributed by atoms with Gasteiger partial charge in [0.1, 0.15) is 6.10 Å². The standard InChI is InChI=1S/C14H18O3/c1-4-13(17-11(3)16)9-12-7-5-6-8-14(12)10(2)15/h5-8,13H,4,9H2,1-3H3. The molecule has 3 heteroatoms. The summed E-state index contributed by atoms with van der Waals surface area (Å²) in [5.41, 5.74) is 1.64. The molecule has 1 rings (SSSR count). The monoisotopic (exact) mass is 234 g/mol. The zero-order valence-electron chi connectivity index (χ0n) is 10.5. The Morgan fingerprint density at radius 3 is 2.41 bits per heavy atom. The van der Waals surface area contributed by atoms with E-state index in [-0.39, 0.29) is 17.9 Å². The molecular weight excluding hydrogens is 216 g/mol. The Morgan fingerprint density at radius 1 is 1.24 bits per heavy atom. The number of Topliss-reactive ketones (excluding diaryl/α,β-unsaturated/α-hetero) is 1. The van der Waals surface area contributed by atoms with Crippen LogP contribution in [0.4, 0.5) is 0 Å². The molecule has 1 aromatic carbocycles. The van der Waals surface area contributed by atoms with E-state index < -0.39 is 0 Å². The van der Waals surface area contributed by atoms with E-state index in [9.17, 15) is 9.59 Å². The molecule has 0 N–H and O–H groups in total. The van der Waals surface area contributed by atoms with Crippen LogP contribution in [-0.2, 0) is 16.0 Å². The molecule has 0 saturated heterocycles. The molecule has 1 unspecified atom stereocenters. The molecule has 3 nitrogen and oxygen atoms in total. The average Bonchev–Trinajstić information content (AvgIpc) is 2.28. The Labute approximate surface area is 102 Å². The molecule has 0 aromatic heterocycles. The number of benzene rings is 1. The van der Waals surface area contributed by atoms with Crippen molar-refractivity contribution in [2.75, 3.05) is 0 Å². The van der Waals surface area contributed by atoms with Crippen molar-refractivity contribution in [3.05, 3.63) is 35.4 Å². The normalized spacial score (nSPS) is 11.9. The van der Waals surface area contributed by atoms with Gasteiger partial charge in [-0.1, -0.05) is 31.2 Å². The molecular formula is C14H18O3. The van der Waals surface area contributed by atoms with Crippen LogP contribution in [0.3, 0.4) is 0 Å². The van der Waals surface area contributed by atoms with Crippen LogP contribution in [0, 0.1) is 0 Å². The summed E-state index contributed by atoms with van der Waals surface area (Å²) in [4.78, 5) is 22.4. The van der Waals surface area contributed by atoms with Crippen LogP contribution >= 0.6 is 0 Å². The van der Waals surface area contributed by atoms with Crippen molar-refractivity contribution in [3.8, 4) is 0 Å². The molecule has 0 saturated carbocycles. The lowest BCUT2D eigenvalue weighted by molar-refractivity contribution is -0.146. The van der Waals surface area contributed by atoms with Gasteiger partial charge in [0.25, 0.3) is 0 Å². The summed E-state index contributed by atoms with van der Waals surface area (Å²) in [5.74, 6) is -0.240. The third kappa shape index (κ3) is 4.02. The summed E-state index contributed by atoms with van der Waals surface area (Å²) in [7, 11) is 0. The number of ketones is 1. The van der Waals surface area contributed by atoms with Crippen molar-refractivity contribution in [2.45, 2.75) is 39.7 Å². The highest BCUT2D eigenvalue weighted by molar-refractivity contribution is 5.95. The summed E-state index contributed by atoms with van der Waals surface area (Å²) in [5, 5.41) is 0. The maximum absolute atomic E-state index is 11.5. The molecule has 0 fully saturated rings. The number of esters is 1. The minimum Gasteiger partial charge on any atom is -0.462 e. The van der Waals surface area contributed by atoms with Crippen LogP contribution in [0.5, 0.6) is 0 Å². The average molecular weight is 234 g/mol. The van der Waals surface area contributed by atoms with Gasteiger partial charge in [-0.3, -0.25) is 9.59 Å². The molecule has 92 valence electrons. The van der Waals surface area contributed by atoms with Gasteiger partial charge in [0.15, 0.2) is 5.78 Å². The lowest BCUT2D eigenvalue weighted by Gasteiger charge is -2.16. The van der Waals surface area contributed by atoms with Crippen molar-refractivity contribution >= 4 is 11.8 Å². The predicted octanol–water partition coefficient (Wildman–Crippen LogP) is 2.77. The molecule has 0 aliphatic rings. The first-order chi connectivity index (χ1) is 8.04. The Hall–Kier alpha value is -1.64. The predicted molar refractivity (Wildman–Crippen MR) is 66.0 cm³/mol. The van der Waals surface area contributed by atoms with Crippen LogP contribution in [0.1, 0.15) is 43.1 Å². The Kier molecular flexibility index (Phi) is 4.88. The van der Waals surface area contributed by atoms with Gasteiger partial charge in [-0.2, -0.15) is 0 Å². The van der Waals surface area contributed by atoms with E-state index >= 15 is 0 Å². The molecule has 0 spiro atoms. The second kappa shape index (κ2) is 6.18. The van der Waals surface area contributed by atoms with E-state index in [4.69, 9.17) is 4.74 Å². The summed E-state index contributed by atoms with van der Waals surface area (Å²) in [6.45, 7) is 4.91. The fourth-order valence-corrected chi connectivity index (χ4v) is 1.79. The SMILES string of the molecule is CCC(Cc1ccccc1C(C)=O)OC(C)=O. The van der Waals surface area contributed by atoms with Gasteiger partial charge in [-0.05, 0) is 18.9 Å². The quantitative estimate of drug-likeness (QED) is 0.581. The zero-order valence-corrected chi connectivity index (χ0v) is 10.5. The van der Waals surface area contributed by atoms with Crippen LogP contribution < -0.4 is 0 Å². The van der Waals surface area contributed by atoms with Crippen molar-refractivity contribution in [1.29, 1.82) is 0 Å². The van der Waals surface area contributed by atoms with E-state index in [1.54, 1.807) is 13.0 Å². The van der Waals surface area contributed by atoms with E-state index in [1.807, 2.05) is 25.1 Å². The fourth-order valence-electron chi connectivity index (χ4n) is 1.79. The second-order valence-corrected chi connectivity index (χ2v) is 4.06. The van der Waals surface area contributed by atoms with Gasteiger partial charge in [-0.25, -0.2) is 0 Å². The number of carbonyl (C=O) groups is 2. The van der Waals surface area contributed by atoms with Gasteiger partial charge in [0.2, 0.25) is 0 Å². The summed E-state index contributed by atoms with van der Waals surface area (Å²) < 4.78 is 5.19. The van der Waals surface area contributed by atoms with E-state index in [0.717, 1.165) is 12.0 Å². The highest BCUT2D eigenvalue weighted by atomic mass is 16.5. The molecule has 0 radical (unpaired) electrons. The lowest BCUT2D eigenvalue weighted by Crippen LogP contribution is -2.19. The van der Waals surface area contributed by atoms with Gasteiger partial charge >= 0.3 is 5.97 Å². The molecule has 17 heavy (non-hydrogen) atoms. The Morgan fingerprint density at radius 2 is 1.88 bits per heavy atom. The number of rotatable bonds is 5. The van der Waals surface area contributed by atoms with E-state index in [0.29, 0.717) is 12.0 Å². The third-order valence-electron chi connectivity index (χ3n) is 2.63.